The summed E-state index contributed by atoms with van der Waals surface area (Å²) in [5, 5.41) is 7.01. The monoisotopic (exact) mass is 746 g/mol. The average Bonchev–Trinajstić information content (AvgIpc) is 3.97. The molecule has 12 aromatic rings. The van der Waals surface area contributed by atoms with Crippen LogP contribution in [0.25, 0.3) is 115 Å². The molecule has 0 fully saturated rings. The lowest BCUT2D eigenvalue weighted by atomic mass is 10.0. The van der Waals surface area contributed by atoms with Crippen molar-refractivity contribution < 1.29 is 4.42 Å². The van der Waals surface area contributed by atoms with E-state index in [4.69, 9.17) is 19.4 Å². The number of furan rings is 1. The van der Waals surface area contributed by atoms with Gasteiger partial charge >= 0.3 is 0 Å². The molecule has 12 rings (SSSR count). The highest BCUT2D eigenvalue weighted by Gasteiger charge is 2.24. The number of hydrogen-bond donors (Lipinski definition) is 0. The Morgan fingerprint density at radius 3 is 1.77 bits per heavy atom. The van der Waals surface area contributed by atoms with Crippen LogP contribution in [0.15, 0.2) is 186 Å². The SMILES string of the molecule is c1ccc(-c2ccc(-c3nc(-c4ccccc4)nc(-c4ccc(-n5c6ccccc6c6c7c(ccc65)sc5ccccc57)c5oc6ccccc6c45)n3)cc2)cc1. The number of nitrogens with zero attached hydrogens (tertiary/aromatic N) is 4. The molecule has 0 amide bonds. The van der Waals surface area contributed by atoms with E-state index in [-0.39, 0.29) is 0 Å². The summed E-state index contributed by atoms with van der Waals surface area (Å²) < 4.78 is 11.8. The summed E-state index contributed by atoms with van der Waals surface area (Å²) in [7, 11) is 0. The Kier molecular flexibility index (Phi) is 7.03. The van der Waals surface area contributed by atoms with Crippen LogP contribution >= 0.6 is 11.3 Å². The van der Waals surface area contributed by atoms with E-state index in [1.165, 1.54) is 30.9 Å². The minimum atomic E-state index is 0.586. The molecule has 0 aliphatic rings. The van der Waals surface area contributed by atoms with E-state index in [2.05, 4.69) is 138 Å². The smallest absolute Gasteiger partial charge is 0.164 e. The van der Waals surface area contributed by atoms with Crippen LogP contribution in [0.1, 0.15) is 0 Å². The first-order valence-electron chi connectivity index (χ1n) is 19.0. The summed E-state index contributed by atoms with van der Waals surface area (Å²) in [5.74, 6) is 1.81. The van der Waals surface area contributed by atoms with Crippen molar-refractivity contribution in [2.24, 2.45) is 0 Å². The third-order valence-corrected chi connectivity index (χ3v) is 12.2. The number of hydrogen-bond acceptors (Lipinski definition) is 5. The molecular formula is C51H30N4OS. The van der Waals surface area contributed by atoms with E-state index in [0.717, 1.165) is 66.5 Å². The second-order valence-corrected chi connectivity index (χ2v) is 15.4. The molecule has 0 unspecified atom stereocenters. The fourth-order valence-electron chi connectivity index (χ4n) is 8.50. The molecule has 57 heavy (non-hydrogen) atoms. The second kappa shape index (κ2) is 12.6. The molecule has 0 aliphatic heterocycles. The fraction of sp³-hybridized carbons (Fsp3) is 0. The van der Waals surface area contributed by atoms with Crippen molar-refractivity contribution in [1.29, 1.82) is 0 Å². The standard InChI is InChI=1S/C51H30N4OS/c1-3-13-31(14-4-1)32-23-25-34(26-24-32)50-52-49(33-15-5-2-6-16-33)53-51(54-50)38-27-28-41(48-45(38)36-18-8-11-21-42(36)56-48)55-39-20-10-7-17-35(39)46-40(55)29-30-44-47(46)37-19-9-12-22-43(37)57-44/h1-30H. The molecule has 4 aromatic heterocycles. The first-order valence-corrected chi connectivity index (χ1v) is 19.8. The fourth-order valence-corrected chi connectivity index (χ4v) is 9.61. The van der Waals surface area contributed by atoms with Crippen molar-refractivity contribution in [3.05, 3.63) is 182 Å². The van der Waals surface area contributed by atoms with Crippen LogP contribution < -0.4 is 0 Å². The first kappa shape index (κ1) is 31.9. The van der Waals surface area contributed by atoms with Gasteiger partial charge in [0.2, 0.25) is 0 Å². The minimum Gasteiger partial charge on any atom is -0.454 e. The molecule has 6 heteroatoms. The van der Waals surface area contributed by atoms with E-state index in [1.807, 2.05) is 59.9 Å². The molecule has 8 aromatic carbocycles. The molecule has 0 aliphatic carbocycles. The summed E-state index contributed by atoms with van der Waals surface area (Å²) in [6.45, 7) is 0. The number of fused-ring (bicyclic) bond motifs is 10. The second-order valence-electron chi connectivity index (χ2n) is 14.3. The minimum absolute atomic E-state index is 0.586. The third kappa shape index (κ3) is 4.98. The van der Waals surface area contributed by atoms with Gasteiger partial charge in [-0.2, -0.15) is 0 Å². The van der Waals surface area contributed by atoms with E-state index < -0.39 is 0 Å². The van der Waals surface area contributed by atoms with Gasteiger partial charge in [-0.15, -0.1) is 11.3 Å². The summed E-state index contributed by atoms with van der Waals surface area (Å²) >= 11 is 1.85. The number of benzene rings is 8. The van der Waals surface area contributed by atoms with Crippen LogP contribution in [-0.2, 0) is 0 Å². The zero-order valence-corrected chi connectivity index (χ0v) is 31.2. The maximum Gasteiger partial charge on any atom is 0.164 e. The van der Waals surface area contributed by atoms with Gasteiger partial charge in [0.05, 0.1) is 16.7 Å². The molecule has 0 saturated carbocycles. The van der Waals surface area contributed by atoms with Gasteiger partial charge in [0.25, 0.3) is 0 Å². The highest BCUT2D eigenvalue weighted by molar-refractivity contribution is 7.26. The number of rotatable bonds is 5. The van der Waals surface area contributed by atoms with Crippen molar-refractivity contribution in [3.63, 3.8) is 0 Å². The molecule has 266 valence electrons. The van der Waals surface area contributed by atoms with Gasteiger partial charge in [0, 0.05) is 58.4 Å². The number of thiophene rings is 1. The highest BCUT2D eigenvalue weighted by Crippen LogP contribution is 2.46. The zero-order valence-electron chi connectivity index (χ0n) is 30.4. The Hall–Kier alpha value is -7.41. The Balaban J connectivity index is 1.12. The molecule has 4 heterocycles. The lowest BCUT2D eigenvalue weighted by Crippen LogP contribution is -2.01. The van der Waals surface area contributed by atoms with Crippen molar-refractivity contribution >= 4 is 75.3 Å². The van der Waals surface area contributed by atoms with Crippen molar-refractivity contribution in [2.75, 3.05) is 0 Å². The summed E-state index contributed by atoms with van der Waals surface area (Å²) in [6.07, 6.45) is 0. The largest absolute Gasteiger partial charge is 0.454 e. The Labute approximate surface area is 330 Å². The van der Waals surface area contributed by atoms with Gasteiger partial charge in [-0.05, 0) is 53.6 Å². The van der Waals surface area contributed by atoms with Gasteiger partial charge in [-0.1, -0.05) is 140 Å². The van der Waals surface area contributed by atoms with Crippen molar-refractivity contribution in [1.82, 2.24) is 19.5 Å². The summed E-state index contributed by atoms with van der Waals surface area (Å²) in [5.41, 5.74) is 9.82. The van der Waals surface area contributed by atoms with Gasteiger partial charge in [-0.25, -0.2) is 15.0 Å². The van der Waals surface area contributed by atoms with Gasteiger partial charge < -0.3 is 8.98 Å². The topological polar surface area (TPSA) is 56.7 Å². The van der Waals surface area contributed by atoms with Gasteiger partial charge in [0.1, 0.15) is 5.58 Å². The molecule has 0 radical (unpaired) electrons. The van der Waals surface area contributed by atoms with Gasteiger partial charge in [0.15, 0.2) is 23.1 Å². The summed E-state index contributed by atoms with van der Waals surface area (Å²) in [4.78, 5) is 15.5. The molecule has 0 N–H and O–H groups in total. The average molecular weight is 747 g/mol. The lowest BCUT2D eigenvalue weighted by Gasteiger charge is -2.13. The number of para-hydroxylation sites is 2. The quantitative estimate of drug-likeness (QED) is 0.176. The predicted molar refractivity (Wildman–Crippen MR) is 236 cm³/mol. The van der Waals surface area contributed by atoms with Crippen LogP contribution in [0.4, 0.5) is 0 Å². The Bertz CT molecular complexity index is 3510. The van der Waals surface area contributed by atoms with Crippen molar-refractivity contribution in [3.8, 4) is 51.0 Å². The molecule has 0 bridgehead atoms. The highest BCUT2D eigenvalue weighted by atomic mass is 32.1. The van der Waals surface area contributed by atoms with Crippen LogP contribution in [0, 0.1) is 0 Å². The maximum absolute atomic E-state index is 6.91. The molecule has 0 spiro atoms. The molecular weight excluding hydrogens is 717 g/mol. The molecule has 0 saturated heterocycles. The van der Waals surface area contributed by atoms with Crippen LogP contribution in [-0.4, -0.2) is 19.5 Å². The normalized spacial score (nSPS) is 11.9. The Morgan fingerprint density at radius 2 is 0.982 bits per heavy atom. The van der Waals surface area contributed by atoms with E-state index in [9.17, 15) is 0 Å². The predicted octanol–water partition coefficient (Wildman–Crippen LogP) is 13.9. The van der Waals surface area contributed by atoms with E-state index in [0.29, 0.717) is 17.5 Å². The van der Waals surface area contributed by atoms with E-state index >= 15 is 0 Å². The lowest BCUT2D eigenvalue weighted by molar-refractivity contribution is 0.666. The zero-order chi connectivity index (χ0) is 37.5. The Morgan fingerprint density at radius 1 is 0.386 bits per heavy atom. The van der Waals surface area contributed by atoms with Gasteiger partial charge in [-0.3, -0.25) is 0 Å². The number of aromatic nitrogens is 4. The summed E-state index contributed by atoms with van der Waals surface area (Å²) in [6, 6.07) is 63.5. The van der Waals surface area contributed by atoms with Crippen LogP contribution in [0.2, 0.25) is 0 Å². The molecule has 5 nitrogen and oxygen atoms in total. The molecule has 0 atom stereocenters. The van der Waals surface area contributed by atoms with Crippen LogP contribution in [0.3, 0.4) is 0 Å². The van der Waals surface area contributed by atoms with Crippen LogP contribution in [0.5, 0.6) is 0 Å². The maximum atomic E-state index is 6.91. The third-order valence-electron chi connectivity index (χ3n) is 11.1. The van der Waals surface area contributed by atoms with E-state index in [1.54, 1.807) is 0 Å². The van der Waals surface area contributed by atoms with Crippen molar-refractivity contribution in [2.45, 2.75) is 0 Å². The first-order chi connectivity index (χ1) is 28.3.